The monoisotopic (exact) mass is 297 g/mol. The number of benzene rings is 1. The number of hydrogen-bond acceptors (Lipinski definition) is 5. The number of hydrogen-bond donors (Lipinski definition) is 2. The first-order valence-corrected chi connectivity index (χ1v) is 8.15. The van der Waals surface area contributed by atoms with Crippen LogP contribution in [0.5, 0.6) is 0 Å². The van der Waals surface area contributed by atoms with Gasteiger partial charge in [-0.05, 0) is 37.0 Å². The molecule has 1 fully saturated rings. The van der Waals surface area contributed by atoms with E-state index in [0.717, 1.165) is 17.9 Å². The zero-order valence-corrected chi connectivity index (χ0v) is 13.0. The van der Waals surface area contributed by atoms with Crippen molar-refractivity contribution in [1.29, 1.82) is 0 Å². The number of anilines is 3. The molecule has 2 N–H and O–H groups in total. The van der Waals surface area contributed by atoms with Crippen LogP contribution in [-0.2, 0) is 6.42 Å². The summed E-state index contributed by atoms with van der Waals surface area (Å²) in [5.74, 6) is 1.33. The highest BCUT2D eigenvalue weighted by atomic mass is 15.3. The van der Waals surface area contributed by atoms with Crippen LogP contribution in [0.25, 0.3) is 0 Å². The predicted octanol–water partition coefficient (Wildman–Crippen LogP) is 3.92. The van der Waals surface area contributed by atoms with Crippen molar-refractivity contribution in [2.24, 2.45) is 0 Å². The molecule has 0 spiro atoms. The lowest BCUT2D eigenvalue weighted by Crippen LogP contribution is -2.23. The summed E-state index contributed by atoms with van der Waals surface area (Å²) in [5, 5.41) is 14.8. The molecule has 0 bridgehead atoms. The second-order valence-corrected chi connectivity index (χ2v) is 5.82. The first-order valence-electron chi connectivity index (χ1n) is 8.15. The minimum Gasteiger partial charge on any atom is -0.366 e. The quantitative estimate of drug-likeness (QED) is 0.875. The van der Waals surface area contributed by atoms with Gasteiger partial charge in [0.25, 0.3) is 0 Å². The molecule has 1 aromatic heterocycles. The summed E-state index contributed by atoms with van der Waals surface area (Å²) in [6.07, 6.45) is 9.10. The van der Waals surface area contributed by atoms with E-state index in [1.165, 1.54) is 37.7 Å². The van der Waals surface area contributed by atoms with Crippen LogP contribution in [0.15, 0.2) is 30.5 Å². The van der Waals surface area contributed by atoms with Gasteiger partial charge < -0.3 is 10.6 Å². The van der Waals surface area contributed by atoms with E-state index in [2.05, 4.69) is 44.9 Å². The van der Waals surface area contributed by atoms with Crippen LogP contribution in [0.2, 0.25) is 0 Å². The lowest BCUT2D eigenvalue weighted by atomic mass is 9.96. The van der Waals surface area contributed by atoms with Crippen molar-refractivity contribution >= 4 is 17.5 Å². The van der Waals surface area contributed by atoms with Crippen LogP contribution in [-0.4, -0.2) is 21.2 Å². The van der Waals surface area contributed by atoms with Crippen LogP contribution in [0.3, 0.4) is 0 Å². The Labute approximate surface area is 131 Å². The molecule has 1 heterocycles. The number of aryl methyl sites for hydroxylation is 1. The molecule has 1 aliphatic carbocycles. The van der Waals surface area contributed by atoms with Crippen molar-refractivity contribution in [2.45, 2.75) is 51.5 Å². The molecule has 116 valence electrons. The van der Waals surface area contributed by atoms with Gasteiger partial charge >= 0.3 is 0 Å². The van der Waals surface area contributed by atoms with Crippen LogP contribution in [0.4, 0.5) is 17.5 Å². The zero-order chi connectivity index (χ0) is 15.2. The fraction of sp³-hybridized carbons (Fsp3) is 0.471. The lowest BCUT2D eigenvalue weighted by molar-refractivity contribution is 0.461. The fourth-order valence-corrected chi connectivity index (χ4v) is 2.84. The number of aromatic nitrogens is 3. The van der Waals surface area contributed by atoms with Gasteiger partial charge in [0.2, 0.25) is 5.95 Å². The second-order valence-electron chi connectivity index (χ2n) is 5.82. The average Bonchev–Trinajstić information content (AvgIpc) is 2.57. The summed E-state index contributed by atoms with van der Waals surface area (Å²) >= 11 is 0. The van der Waals surface area contributed by atoms with E-state index in [-0.39, 0.29) is 0 Å². The van der Waals surface area contributed by atoms with Gasteiger partial charge in [0.1, 0.15) is 0 Å². The first-order chi connectivity index (χ1) is 10.8. The molecule has 5 nitrogen and oxygen atoms in total. The van der Waals surface area contributed by atoms with E-state index in [1.54, 1.807) is 6.20 Å². The molecular weight excluding hydrogens is 274 g/mol. The van der Waals surface area contributed by atoms with Crippen molar-refractivity contribution in [3.05, 3.63) is 36.0 Å². The number of nitrogens with zero attached hydrogens (tertiary/aromatic N) is 3. The third kappa shape index (κ3) is 3.93. The van der Waals surface area contributed by atoms with E-state index < -0.39 is 0 Å². The summed E-state index contributed by atoms with van der Waals surface area (Å²) in [6, 6.07) is 8.83. The maximum Gasteiger partial charge on any atom is 0.249 e. The van der Waals surface area contributed by atoms with E-state index >= 15 is 0 Å². The van der Waals surface area contributed by atoms with Gasteiger partial charge in [-0.3, -0.25) is 0 Å². The van der Waals surface area contributed by atoms with Crippen LogP contribution in [0, 0.1) is 0 Å². The first kappa shape index (κ1) is 14.8. The molecule has 3 rings (SSSR count). The maximum absolute atomic E-state index is 4.51. The Bertz CT molecular complexity index is 590. The molecule has 0 amide bonds. The van der Waals surface area contributed by atoms with E-state index in [1.807, 2.05) is 12.1 Å². The third-order valence-electron chi connectivity index (χ3n) is 4.13. The SMILES string of the molecule is CCc1ccc(Nc2nncc(NC3CCCCC3)n2)cc1. The number of rotatable bonds is 5. The average molecular weight is 297 g/mol. The highest BCUT2D eigenvalue weighted by Crippen LogP contribution is 2.21. The Morgan fingerprint density at radius 3 is 2.59 bits per heavy atom. The normalized spacial score (nSPS) is 15.5. The lowest BCUT2D eigenvalue weighted by Gasteiger charge is -2.23. The van der Waals surface area contributed by atoms with Gasteiger partial charge in [0.05, 0.1) is 6.20 Å². The van der Waals surface area contributed by atoms with Crippen LogP contribution >= 0.6 is 0 Å². The van der Waals surface area contributed by atoms with Crippen LogP contribution in [0.1, 0.15) is 44.6 Å². The van der Waals surface area contributed by atoms with E-state index in [9.17, 15) is 0 Å². The molecular formula is C17H23N5. The minimum absolute atomic E-state index is 0.516. The Hall–Kier alpha value is -2.17. The second kappa shape index (κ2) is 7.20. The van der Waals surface area contributed by atoms with Gasteiger partial charge in [-0.1, -0.05) is 38.3 Å². The zero-order valence-electron chi connectivity index (χ0n) is 13.0. The van der Waals surface area contributed by atoms with E-state index in [4.69, 9.17) is 0 Å². The summed E-state index contributed by atoms with van der Waals surface area (Å²) in [5.41, 5.74) is 2.30. The molecule has 0 aliphatic heterocycles. The molecule has 1 aromatic carbocycles. The van der Waals surface area contributed by atoms with Gasteiger partial charge in [-0.2, -0.15) is 10.1 Å². The molecule has 0 saturated heterocycles. The Morgan fingerprint density at radius 1 is 1.09 bits per heavy atom. The Kier molecular flexibility index (Phi) is 4.83. The highest BCUT2D eigenvalue weighted by molar-refractivity contribution is 5.54. The molecule has 0 atom stereocenters. The van der Waals surface area contributed by atoms with Crippen molar-refractivity contribution in [3.8, 4) is 0 Å². The smallest absolute Gasteiger partial charge is 0.249 e. The summed E-state index contributed by atoms with van der Waals surface area (Å²) < 4.78 is 0. The molecule has 2 aromatic rings. The highest BCUT2D eigenvalue weighted by Gasteiger charge is 2.14. The minimum atomic E-state index is 0.516. The molecule has 5 heteroatoms. The third-order valence-corrected chi connectivity index (χ3v) is 4.13. The standard InChI is InChI=1S/C17H23N5/c1-2-13-8-10-15(11-9-13)20-17-21-16(12-18-22-17)19-14-6-4-3-5-7-14/h8-12,14H,2-7H2,1H3,(H2,19,20,21,22). The van der Waals surface area contributed by atoms with Crippen LogP contribution < -0.4 is 10.6 Å². The summed E-state index contributed by atoms with van der Waals surface area (Å²) in [4.78, 5) is 4.51. The van der Waals surface area contributed by atoms with Gasteiger partial charge in [0, 0.05) is 11.7 Å². The topological polar surface area (TPSA) is 62.7 Å². The van der Waals surface area contributed by atoms with Crippen molar-refractivity contribution in [3.63, 3.8) is 0 Å². The van der Waals surface area contributed by atoms with E-state index in [0.29, 0.717) is 12.0 Å². The molecule has 1 aliphatic rings. The van der Waals surface area contributed by atoms with Crippen molar-refractivity contribution < 1.29 is 0 Å². The molecule has 22 heavy (non-hydrogen) atoms. The summed E-state index contributed by atoms with van der Waals surface area (Å²) in [6.45, 7) is 2.15. The Morgan fingerprint density at radius 2 is 1.86 bits per heavy atom. The van der Waals surface area contributed by atoms with Crippen molar-refractivity contribution in [2.75, 3.05) is 10.6 Å². The van der Waals surface area contributed by atoms with Gasteiger partial charge in [-0.15, -0.1) is 5.10 Å². The maximum atomic E-state index is 4.51. The van der Waals surface area contributed by atoms with Crippen molar-refractivity contribution in [1.82, 2.24) is 15.2 Å². The molecule has 1 saturated carbocycles. The Balaban J connectivity index is 1.64. The summed E-state index contributed by atoms with van der Waals surface area (Å²) in [7, 11) is 0. The largest absolute Gasteiger partial charge is 0.366 e. The fourth-order valence-electron chi connectivity index (χ4n) is 2.84. The molecule has 0 radical (unpaired) electrons. The molecule has 0 unspecified atom stereocenters. The number of nitrogens with one attached hydrogen (secondary N) is 2. The van der Waals surface area contributed by atoms with Gasteiger partial charge in [0.15, 0.2) is 5.82 Å². The predicted molar refractivity (Wildman–Crippen MR) is 89.4 cm³/mol. The van der Waals surface area contributed by atoms with Gasteiger partial charge in [-0.25, -0.2) is 0 Å².